The first-order valence-electron chi connectivity index (χ1n) is 7.49. The Morgan fingerprint density at radius 3 is 2.05 bits per heavy atom. The minimum absolute atomic E-state index is 0.321. The summed E-state index contributed by atoms with van der Waals surface area (Å²) in [4.78, 5) is 2.46. The molecular weight excluding hydrogens is 232 g/mol. The van der Waals surface area contributed by atoms with E-state index in [9.17, 15) is 0 Å². The molecule has 1 aromatic rings. The molecule has 0 unspecified atom stereocenters. The SMILES string of the molecule is CCN(CC)CCc1ccc(NCC(C)(C)C)cc1. The molecule has 0 aromatic heterocycles. The van der Waals surface area contributed by atoms with Crippen molar-refractivity contribution in [1.82, 2.24) is 4.90 Å². The summed E-state index contributed by atoms with van der Waals surface area (Å²) in [5.41, 5.74) is 2.97. The summed E-state index contributed by atoms with van der Waals surface area (Å²) in [7, 11) is 0. The fraction of sp³-hybridized carbons (Fsp3) is 0.647. The Labute approximate surface area is 119 Å². The second-order valence-electron chi connectivity index (χ2n) is 6.39. The van der Waals surface area contributed by atoms with Crippen LogP contribution in [0.3, 0.4) is 0 Å². The maximum absolute atomic E-state index is 3.49. The topological polar surface area (TPSA) is 15.3 Å². The molecule has 0 aliphatic rings. The summed E-state index contributed by atoms with van der Waals surface area (Å²) in [6.07, 6.45) is 1.14. The average molecular weight is 262 g/mol. The second-order valence-corrected chi connectivity index (χ2v) is 6.39. The number of hydrogen-bond donors (Lipinski definition) is 1. The van der Waals surface area contributed by atoms with E-state index in [-0.39, 0.29) is 0 Å². The molecule has 1 rings (SSSR count). The normalized spacial score (nSPS) is 11.9. The molecule has 1 N–H and O–H groups in total. The van der Waals surface area contributed by atoms with E-state index in [1.807, 2.05) is 0 Å². The zero-order chi connectivity index (χ0) is 14.3. The maximum atomic E-state index is 3.49. The van der Waals surface area contributed by atoms with Crippen LogP contribution in [-0.4, -0.2) is 31.1 Å². The lowest BCUT2D eigenvalue weighted by Gasteiger charge is -2.20. The number of hydrogen-bond acceptors (Lipinski definition) is 2. The largest absolute Gasteiger partial charge is 0.385 e. The van der Waals surface area contributed by atoms with E-state index >= 15 is 0 Å². The van der Waals surface area contributed by atoms with E-state index in [2.05, 4.69) is 69.1 Å². The Hall–Kier alpha value is -1.02. The summed E-state index contributed by atoms with van der Waals surface area (Å²) in [6, 6.07) is 8.88. The van der Waals surface area contributed by atoms with Crippen LogP contribution in [0.2, 0.25) is 0 Å². The number of anilines is 1. The van der Waals surface area contributed by atoms with Gasteiger partial charge < -0.3 is 10.2 Å². The highest BCUT2D eigenvalue weighted by atomic mass is 15.1. The van der Waals surface area contributed by atoms with Gasteiger partial charge >= 0.3 is 0 Å². The van der Waals surface area contributed by atoms with Crippen molar-refractivity contribution < 1.29 is 0 Å². The van der Waals surface area contributed by atoms with Gasteiger partial charge in [0.2, 0.25) is 0 Å². The van der Waals surface area contributed by atoms with Crippen LogP contribution in [0.4, 0.5) is 5.69 Å². The van der Waals surface area contributed by atoms with Gasteiger partial charge in [0.05, 0.1) is 0 Å². The molecule has 2 nitrogen and oxygen atoms in total. The third kappa shape index (κ3) is 6.63. The Kier molecular flexibility index (Phi) is 6.36. The zero-order valence-corrected chi connectivity index (χ0v) is 13.3. The van der Waals surface area contributed by atoms with Crippen molar-refractivity contribution in [2.45, 2.75) is 41.0 Å². The standard InChI is InChI=1S/C17H30N2/c1-6-19(7-2)13-12-15-8-10-16(11-9-15)18-14-17(3,4)5/h8-11,18H,6-7,12-14H2,1-5H3. The summed E-state index contributed by atoms with van der Waals surface area (Å²) in [6.45, 7) is 15.6. The van der Waals surface area contributed by atoms with Gasteiger partial charge in [-0.3, -0.25) is 0 Å². The first-order valence-corrected chi connectivity index (χ1v) is 7.49. The fourth-order valence-corrected chi connectivity index (χ4v) is 1.98. The van der Waals surface area contributed by atoms with Crippen LogP contribution < -0.4 is 5.32 Å². The van der Waals surface area contributed by atoms with Gasteiger partial charge in [-0.15, -0.1) is 0 Å². The van der Waals surface area contributed by atoms with Gasteiger partial charge in [-0.25, -0.2) is 0 Å². The van der Waals surface area contributed by atoms with Crippen molar-refractivity contribution in [2.24, 2.45) is 5.41 Å². The van der Waals surface area contributed by atoms with Crippen molar-refractivity contribution in [3.8, 4) is 0 Å². The monoisotopic (exact) mass is 262 g/mol. The third-order valence-corrected chi connectivity index (χ3v) is 3.39. The Morgan fingerprint density at radius 1 is 1.00 bits per heavy atom. The van der Waals surface area contributed by atoms with E-state index < -0.39 is 0 Å². The molecule has 0 aliphatic carbocycles. The van der Waals surface area contributed by atoms with E-state index in [1.54, 1.807) is 0 Å². The van der Waals surface area contributed by atoms with Crippen LogP contribution in [0.25, 0.3) is 0 Å². The fourth-order valence-electron chi connectivity index (χ4n) is 1.98. The first kappa shape index (κ1) is 16.0. The summed E-state index contributed by atoms with van der Waals surface area (Å²) in [5.74, 6) is 0. The van der Waals surface area contributed by atoms with Crippen LogP contribution in [0.1, 0.15) is 40.2 Å². The number of nitrogens with one attached hydrogen (secondary N) is 1. The van der Waals surface area contributed by atoms with Crippen LogP contribution in [0.15, 0.2) is 24.3 Å². The lowest BCUT2D eigenvalue weighted by Crippen LogP contribution is -2.25. The van der Waals surface area contributed by atoms with Crippen LogP contribution in [-0.2, 0) is 6.42 Å². The highest BCUT2D eigenvalue weighted by Crippen LogP contribution is 2.16. The molecule has 0 spiro atoms. The molecule has 0 heterocycles. The van der Waals surface area contributed by atoms with Gasteiger partial charge in [0.25, 0.3) is 0 Å². The molecular formula is C17H30N2. The van der Waals surface area contributed by atoms with Crippen LogP contribution >= 0.6 is 0 Å². The molecule has 0 aliphatic heterocycles. The summed E-state index contributed by atoms with van der Waals surface area (Å²) < 4.78 is 0. The van der Waals surface area contributed by atoms with E-state index in [1.165, 1.54) is 11.3 Å². The van der Waals surface area contributed by atoms with E-state index in [4.69, 9.17) is 0 Å². The van der Waals surface area contributed by atoms with Crippen molar-refractivity contribution in [1.29, 1.82) is 0 Å². The maximum Gasteiger partial charge on any atom is 0.0340 e. The van der Waals surface area contributed by atoms with Gasteiger partial charge in [-0.2, -0.15) is 0 Å². The Morgan fingerprint density at radius 2 is 1.58 bits per heavy atom. The lowest BCUT2D eigenvalue weighted by atomic mass is 9.97. The number of benzene rings is 1. The molecule has 0 amide bonds. The third-order valence-electron chi connectivity index (χ3n) is 3.39. The molecule has 0 bridgehead atoms. The Bertz CT molecular complexity index is 345. The van der Waals surface area contributed by atoms with Crippen LogP contribution in [0, 0.1) is 5.41 Å². The van der Waals surface area contributed by atoms with Crippen molar-refractivity contribution in [2.75, 3.05) is 31.5 Å². The minimum Gasteiger partial charge on any atom is -0.385 e. The molecule has 0 saturated carbocycles. The number of rotatable bonds is 7. The smallest absolute Gasteiger partial charge is 0.0340 e. The molecule has 0 atom stereocenters. The van der Waals surface area contributed by atoms with Crippen molar-refractivity contribution in [3.05, 3.63) is 29.8 Å². The molecule has 0 fully saturated rings. The highest BCUT2D eigenvalue weighted by Gasteiger charge is 2.09. The zero-order valence-electron chi connectivity index (χ0n) is 13.3. The van der Waals surface area contributed by atoms with Gasteiger partial charge in [-0.05, 0) is 42.6 Å². The predicted octanol–water partition coefficient (Wildman–Crippen LogP) is 4.03. The minimum atomic E-state index is 0.321. The average Bonchev–Trinajstić information content (AvgIpc) is 2.38. The van der Waals surface area contributed by atoms with Gasteiger partial charge in [0.15, 0.2) is 0 Å². The van der Waals surface area contributed by atoms with Crippen molar-refractivity contribution in [3.63, 3.8) is 0 Å². The lowest BCUT2D eigenvalue weighted by molar-refractivity contribution is 0.308. The van der Waals surface area contributed by atoms with Gasteiger partial charge in [-0.1, -0.05) is 46.8 Å². The Balaban J connectivity index is 2.43. The molecule has 0 saturated heterocycles. The molecule has 1 aromatic carbocycles. The van der Waals surface area contributed by atoms with Gasteiger partial charge in [0, 0.05) is 18.8 Å². The molecule has 19 heavy (non-hydrogen) atoms. The molecule has 108 valence electrons. The second kappa shape index (κ2) is 7.54. The highest BCUT2D eigenvalue weighted by molar-refractivity contribution is 5.44. The van der Waals surface area contributed by atoms with E-state index in [0.717, 1.165) is 32.6 Å². The first-order chi connectivity index (χ1) is 8.94. The van der Waals surface area contributed by atoms with Crippen LogP contribution in [0.5, 0.6) is 0 Å². The summed E-state index contributed by atoms with van der Waals surface area (Å²) in [5, 5.41) is 3.49. The molecule has 2 heteroatoms. The van der Waals surface area contributed by atoms with Gasteiger partial charge in [0.1, 0.15) is 0 Å². The number of likely N-dealkylation sites (N-methyl/N-ethyl adjacent to an activating group) is 1. The predicted molar refractivity (Wildman–Crippen MR) is 85.9 cm³/mol. The quantitative estimate of drug-likeness (QED) is 0.798. The van der Waals surface area contributed by atoms with Crippen molar-refractivity contribution >= 4 is 5.69 Å². The van der Waals surface area contributed by atoms with E-state index in [0.29, 0.717) is 5.41 Å². The summed E-state index contributed by atoms with van der Waals surface area (Å²) >= 11 is 0. The molecule has 0 radical (unpaired) electrons. The number of nitrogens with zero attached hydrogens (tertiary/aromatic N) is 1.